The van der Waals surface area contributed by atoms with Gasteiger partial charge in [0.1, 0.15) is 5.15 Å². The molecule has 19 heavy (non-hydrogen) atoms. The average Bonchev–Trinajstić information content (AvgIpc) is 2.64. The minimum absolute atomic E-state index is 0.204. The number of nitrogens with zero attached hydrogens (tertiary/aromatic N) is 2. The van der Waals surface area contributed by atoms with E-state index in [2.05, 4.69) is 30.5 Å². The Balaban J connectivity index is 2.75. The van der Waals surface area contributed by atoms with Crippen LogP contribution in [0.2, 0.25) is 5.15 Å². The standard InChI is InChI=1S/C13H24ClN3OS/c1-9(2)12-11(13(14)17(3)16-12)7-15-10(5-6-18)8-19-4/h9-10,15,18H,5-8H2,1-4H3. The van der Waals surface area contributed by atoms with Crippen molar-refractivity contribution in [2.24, 2.45) is 7.05 Å². The fraction of sp³-hybridized carbons (Fsp3) is 0.769. The normalized spacial score (nSPS) is 13.2. The third kappa shape index (κ3) is 4.67. The van der Waals surface area contributed by atoms with E-state index in [4.69, 9.17) is 16.7 Å². The molecule has 0 amide bonds. The van der Waals surface area contributed by atoms with Gasteiger partial charge in [0.05, 0.1) is 5.69 Å². The largest absolute Gasteiger partial charge is 0.396 e. The van der Waals surface area contributed by atoms with Crippen LogP contribution >= 0.6 is 23.4 Å². The summed E-state index contributed by atoms with van der Waals surface area (Å²) >= 11 is 8.08. The number of aryl methyl sites for hydroxylation is 1. The summed E-state index contributed by atoms with van der Waals surface area (Å²) < 4.78 is 1.73. The van der Waals surface area contributed by atoms with Crippen LogP contribution in [0.4, 0.5) is 0 Å². The minimum atomic E-state index is 0.204. The van der Waals surface area contributed by atoms with Gasteiger partial charge in [0.15, 0.2) is 0 Å². The Bertz CT molecular complexity index is 389. The summed E-state index contributed by atoms with van der Waals surface area (Å²) in [6.07, 6.45) is 2.83. The van der Waals surface area contributed by atoms with E-state index in [-0.39, 0.29) is 6.61 Å². The summed E-state index contributed by atoms with van der Waals surface area (Å²) in [6.45, 7) is 5.14. The Kier molecular flexibility index (Phi) is 7.21. The van der Waals surface area contributed by atoms with Crippen molar-refractivity contribution >= 4 is 23.4 Å². The third-order valence-corrected chi connectivity index (χ3v) is 4.27. The monoisotopic (exact) mass is 305 g/mol. The topological polar surface area (TPSA) is 50.1 Å². The maximum Gasteiger partial charge on any atom is 0.131 e. The molecule has 0 aliphatic rings. The summed E-state index contributed by atoms with van der Waals surface area (Å²) in [7, 11) is 1.87. The Labute approximate surface area is 124 Å². The molecule has 6 heteroatoms. The van der Waals surface area contributed by atoms with E-state index in [1.54, 1.807) is 16.4 Å². The van der Waals surface area contributed by atoms with Crippen LogP contribution in [0.15, 0.2) is 0 Å². The maximum absolute atomic E-state index is 9.07. The Morgan fingerprint density at radius 1 is 1.47 bits per heavy atom. The fourth-order valence-electron chi connectivity index (χ4n) is 2.04. The molecule has 0 fully saturated rings. The summed E-state index contributed by atoms with van der Waals surface area (Å²) in [5.41, 5.74) is 2.12. The van der Waals surface area contributed by atoms with Crippen molar-refractivity contribution in [2.75, 3.05) is 18.6 Å². The lowest BCUT2D eigenvalue weighted by molar-refractivity contribution is 0.269. The summed E-state index contributed by atoms with van der Waals surface area (Å²) in [5, 5.41) is 17.7. The summed E-state index contributed by atoms with van der Waals surface area (Å²) in [4.78, 5) is 0. The summed E-state index contributed by atoms with van der Waals surface area (Å²) in [5.74, 6) is 1.34. The second-order valence-electron chi connectivity index (χ2n) is 4.98. The molecule has 0 aliphatic carbocycles. The maximum atomic E-state index is 9.07. The van der Waals surface area contributed by atoms with Crippen molar-refractivity contribution in [3.63, 3.8) is 0 Å². The smallest absolute Gasteiger partial charge is 0.131 e. The number of halogens is 1. The van der Waals surface area contributed by atoms with E-state index >= 15 is 0 Å². The first kappa shape index (κ1) is 16.8. The van der Waals surface area contributed by atoms with Crippen LogP contribution in [0.5, 0.6) is 0 Å². The van der Waals surface area contributed by atoms with Gasteiger partial charge in [-0.25, -0.2) is 0 Å². The third-order valence-electron chi connectivity index (χ3n) is 3.06. The van der Waals surface area contributed by atoms with Crippen LogP contribution in [-0.4, -0.2) is 39.5 Å². The molecule has 1 rings (SSSR count). The number of aliphatic hydroxyl groups excluding tert-OH is 1. The van der Waals surface area contributed by atoms with Crippen molar-refractivity contribution < 1.29 is 5.11 Å². The highest BCUT2D eigenvalue weighted by Gasteiger charge is 2.18. The first-order valence-corrected chi connectivity index (χ1v) is 8.32. The van der Waals surface area contributed by atoms with E-state index in [1.165, 1.54) is 0 Å². The van der Waals surface area contributed by atoms with Crippen LogP contribution in [0.1, 0.15) is 37.4 Å². The van der Waals surface area contributed by atoms with Gasteiger partial charge in [-0.05, 0) is 18.6 Å². The fourth-order valence-corrected chi connectivity index (χ4v) is 2.93. The van der Waals surface area contributed by atoms with Crippen molar-refractivity contribution in [3.8, 4) is 0 Å². The van der Waals surface area contributed by atoms with E-state index < -0.39 is 0 Å². The molecule has 1 heterocycles. The molecule has 1 aromatic rings. The number of nitrogens with one attached hydrogen (secondary N) is 1. The van der Waals surface area contributed by atoms with Crippen molar-refractivity contribution in [1.82, 2.24) is 15.1 Å². The number of thioether (sulfide) groups is 1. The number of rotatable bonds is 8. The highest BCUT2D eigenvalue weighted by Crippen LogP contribution is 2.25. The Morgan fingerprint density at radius 3 is 2.68 bits per heavy atom. The highest BCUT2D eigenvalue weighted by molar-refractivity contribution is 7.98. The molecule has 0 aliphatic heterocycles. The molecule has 2 N–H and O–H groups in total. The summed E-state index contributed by atoms with van der Waals surface area (Å²) in [6, 6.07) is 0.302. The number of aliphatic hydroxyl groups is 1. The zero-order valence-electron chi connectivity index (χ0n) is 12.1. The molecule has 4 nitrogen and oxygen atoms in total. The van der Waals surface area contributed by atoms with E-state index in [1.807, 2.05) is 7.05 Å². The predicted molar refractivity (Wildman–Crippen MR) is 83.0 cm³/mol. The van der Waals surface area contributed by atoms with Crippen LogP contribution in [-0.2, 0) is 13.6 Å². The Morgan fingerprint density at radius 2 is 2.16 bits per heavy atom. The van der Waals surface area contributed by atoms with Gasteiger partial charge >= 0.3 is 0 Å². The van der Waals surface area contributed by atoms with Gasteiger partial charge in [-0.15, -0.1) is 0 Å². The molecular formula is C13H24ClN3OS. The molecule has 1 atom stereocenters. The lowest BCUT2D eigenvalue weighted by atomic mass is 10.1. The first-order valence-electron chi connectivity index (χ1n) is 6.55. The van der Waals surface area contributed by atoms with E-state index in [9.17, 15) is 0 Å². The van der Waals surface area contributed by atoms with E-state index in [0.717, 1.165) is 23.4 Å². The van der Waals surface area contributed by atoms with Crippen LogP contribution in [0.3, 0.4) is 0 Å². The molecule has 0 saturated carbocycles. The quantitative estimate of drug-likeness (QED) is 0.774. The number of hydrogen-bond donors (Lipinski definition) is 2. The van der Waals surface area contributed by atoms with Crippen LogP contribution in [0.25, 0.3) is 0 Å². The lowest BCUT2D eigenvalue weighted by Crippen LogP contribution is -2.32. The van der Waals surface area contributed by atoms with Gasteiger partial charge in [0.25, 0.3) is 0 Å². The second-order valence-corrected chi connectivity index (χ2v) is 6.25. The molecular weight excluding hydrogens is 282 g/mol. The van der Waals surface area contributed by atoms with Gasteiger partial charge in [-0.2, -0.15) is 16.9 Å². The van der Waals surface area contributed by atoms with Crippen molar-refractivity contribution in [3.05, 3.63) is 16.4 Å². The van der Waals surface area contributed by atoms with Gasteiger partial charge in [0.2, 0.25) is 0 Å². The molecule has 0 bridgehead atoms. The first-order chi connectivity index (χ1) is 9.01. The van der Waals surface area contributed by atoms with E-state index in [0.29, 0.717) is 23.7 Å². The second kappa shape index (κ2) is 8.15. The average molecular weight is 306 g/mol. The molecule has 0 spiro atoms. The molecule has 110 valence electrons. The van der Waals surface area contributed by atoms with Gasteiger partial charge in [-0.3, -0.25) is 4.68 Å². The lowest BCUT2D eigenvalue weighted by Gasteiger charge is -2.17. The van der Waals surface area contributed by atoms with Gasteiger partial charge in [0, 0.05) is 37.6 Å². The molecule has 1 aromatic heterocycles. The zero-order valence-corrected chi connectivity index (χ0v) is 13.7. The SMILES string of the molecule is CSCC(CCO)NCc1c(C(C)C)nn(C)c1Cl. The highest BCUT2D eigenvalue weighted by atomic mass is 35.5. The predicted octanol–water partition coefficient (Wildman–Crippen LogP) is 2.40. The van der Waals surface area contributed by atoms with Gasteiger partial charge in [-0.1, -0.05) is 25.4 Å². The zero-order chi connectivity index (χ0) is 14.4. The van der Waals surface area contributed by atoms with Crippen LogP contribution < -0.4 is 5.32 Å². The molecule has 1 unspecified atom stereocenters. The minimum Gasteiger partial charge on any atom is -0.396 e. The Hall–Kier alpha value is -0.230. The molecule has 0 saturated heterocycles. The molecule has 0 radical (unpaired) electrons. The van der Waals surface area contributed by atoms with Gasteiger partial charge < -0.3 is 10.4 Å². The number of aromatic nitrogens is 2. The van der Waals surface area contributed by atoms with Crippen LogP contribution in [0, 0.1) is 0 Å². The van der Waals surface area contributed by atoms with Crippen molar-refractivity contribution in [2.45, 2.75) is 38.8 Å². The number of hydrogen-bond acceptors (Lipinski definition) is 4. The van der Waals surface area contributed by atoms with Crippen molar-refractivity contribution in [1.29, 1.82) is 0 Å². The molecule has 0 aromatic carbocycles.